The molecule has 0 bridgehead atoms. The molecule has 0 N–H and O–H groups in total. The van der Waals surface area contributed by atoms with Crippen LogP contribution in [0.5, 0.6) is 0 Å². The maximum atomic E-state index is 14.0. The highest BCUT2D eigenvalue weighted by atomic mass is 19.4. The van der Waals surface area contributed by atoms with Crippen LogP contribution in [0.1, 0.15) is 22.3 Å². The number of rotatable bonds is 6. The predicted octanol–water partition coefficient (Wildman–Crippen LogP) is 18.4. The van der Waals surface area contributed by atoms with Crippen molar-refractivity contribution in [2.45, 2.75) is 13.1 Å². The molecule has 0 aliphatic heterocycles. The van der Waals surface area contributed by atoms with E-state index in [0.29, 0.717) is 67.1 Å². The molecule has 0 radical (unpaired) electrons. The van der Waals surface area contributed by atoms with Gasteiger partial charge in [-0.15, -0.1) is 0 Å². The molecule has 0 fully saturated rings. The fourth-order valence-electron chi connectivity index (χ4n) is 10.4. The Kier molecular flexibility index (Phi) is 11.0. The predicted molar refractivity (Wildman–Crippen MR) is 287 cm³/mol. The summed E-state index contributed by atoms with van der Waals surface area (Å²) in [7, 11) is 0. The van der Waals surface area contributed by atoms with Gasteiger partial charge >= 0.3 is 6.18 Å². The third-order valence-electron chi connectivity index (χ3n) is 13.6. The van der Waals surface area contributed by atoms with Gasteiger partial charge in [0.15, 0.2) is 28.4 Å². The largest absolute Gasteiger partial charge is 0.416 e. The Balaban J connectivity index is 1.21. The Morgan fingerprint density at radius 2 is 0.987 bits per heavy atom. The van der Waals surface area contributed by atoms with E-state index in [1.165, 1.54) is 30.3 Å². The van der Waals surface area contributed by atoms with Crippen molar-refractivity contribution in [2.24, 2.45) is 0 Å². The molecule has 11 rings (SSSR count). The number of benzene rings is 9. The summed E-state index contributed by atoms with van der Waals surface area (Å²) in [5.41, 5.74) is 10.1. The third kappa shape index (κ3) is 7.51. The van der Waals surface area contributed by atoms with E-state index in [2.05, 4.69) is 45.5 Å². The molecule has 0 saturated heterocycles. The monoisotopic (exact) mass is 969 g/mol. The molecule has 12 heteroatoms. The van der Waals surface area contributed by atoms with Gasteiger partial charge in [0.05, 0.1) is 84.0 Å². The van der Waals surface area contributed by atoms with Crippen molar-refractivity contribution in [2.75, 3.05) is 0 Å². The Bertz CT molecular complexity index is 4570. The first kappa shape index (κ1) is 46.2. The molecule has 75 heavy (non-hydrogen) atoms. The molecule has 0 atom stereocenters. The summed E-state index contributed by atoms with van der Waals surface area (Å²) >= 11 is 0. The number of nitrogens with zero attached hydrogens (tertiary/aromatic N) is 9. The molecular weight excluding hydrogens is 940 g/mol. The zero-order valence-electron chi connectivity index (χ0n) is 39.2. The van der Waals surface area contributed by atoms with Gasteiger partial charge in [-0.3, -0.25) is 0 Å². The lowest BCUT2D eigenvalue weighted by molar-refractivity contribution is -0.137. The fraction of sp³-hybridized carbons (Fsp3) is 0.0317. The van der Waals surface area contributed by atoms with E-state index in [1.54, 1.807) is 13.0 Å². The zero-order valence-corrected chi connectivity index (χ0v) is 39.2. The standard InChI is InChI=1S/C63H30F3N9/c1-36-25-42(63(64,65)66)18-21-45(36)38-15-20-48(60(31-38)75-56-14-10-8-12-47(56)49-29-39(16-22-58(49)75)61-41(35-68)28-44(70-3)33-54(61)73-6)51-32-43(69-2)19-24-59(51)74-55-13-9-7-11-46(55)50-30-40(17-23-57(50)74)62-52(71-4)26-37(34-67)27-53(62)72-5/h7-33H,1H3. The second kappa shape index (κ2) is 17.9. The van der Waals surface area contributed by atoms with Gasteiger partial charge in [0, 0.05) is 43.8 Å². The second-order valence-electron chi connectivity index (χ2n) is 17.7. The van der Waals surface area contributed by atoms with Crippen molar-refractivity contribution in [1.82, 2.24) is 9.13 Å². The third-order valence-corrected chi connectivity index (χ3v) is 13.6. The van der Waals surface area contributed by atoms with E-state index < -0.39 is 11.7 Å². The van der Waals surface area contributed by atoms with Crippen LogP contribution < -0.4 is 0 Å². The Morgan fingerprint density at radius 1 is 0.440 bits per heavy atom. The molecule has 11 aromatic rings. The molecule has 2 heterocycles. The first-order valence-corrected chi connectivity index (χ1v) is 23.0. The summed E-state index contributed by atoms with van der Waals surface area (Å²) in [5.74, 6) is 0. The quantitative estimate of drug-likeness (QED) is 0.156. The summed E-state index contributed by atoms with van der Waals surface area (Å²) in [6.45, 7) is 41.5. The molecule has 0 aliphatic carbocycles. The van der Waals surface area contributed by atoms with Crippen LogP contribution in [0.4, 0.5) is 41.6 Å². The zero-order chi connectivity index (χ0) is 52.3. The number of hydrogen-bond donors (Lipinski definition) is 0. The SMILES string of the molecule is [C-]#[N+]c1cc(C#N)c(-c2ccc3c(c2)c2ccccc2n3-c2cc(-c3ccc(C(F)(F)F)cc3C)ccc2-c2cc([N+]#[C-])ccc2-n2c3ccccc3c3cc(-c4c([N+]#[C-])cc(C#N)cc4[N+]#[C-])ccc32)c([N+]#[C-])c1. The van der Waals surface area contributed by atoms with E-state index in [0.717, 1.165) is 55.7 Å². The topological polar surface area (TPSA) is 79.2 Å². The summed E-state index contributed by atoms with van der Waals surface area (Å²) in [6, 6.07) is 52.1. The minimum Gasteiger partial charge on any atom is -0.309 e. The van der Waals surface area contributed by atoms with Crippen LogP contribution >= 0.6 is 0 Å². The Hall–Kier alpha value is -11.2. The highest BCUT2D eigenvalue weighted by molar-refractivity contribution is 6.14. The molecule has 0 unspecified atom stereocenters. The molecule has 0 aliphatic rings. The molecule has 9 aromatic carbocycles. The van der Waals surface area contributed by atoms with Crippen molar-refractivity contribution in [1.29, 1.82) is 10.5 Å². The molecular formula is C63H30F3N9. The number of nitriles is 2. The van der Waals surface area contributed by atoms with Gasteiger partial charge in [-0.05, 0) is 131 Å². The molecule has 0 saturated carbocycles. The lowest BCUT2D eigenvalue weighted by Gasteiger charge is -2.21. The fourth-order valence-corrected chi connectivity index (χ4v) is 10.4. The number of fused-ring (bicyclic) bond motifs is 6. The van der Waals surface area contributed by atoms with Gasteiger partial charge in [-0.1, -0.05) is 78.9 Å². The summed E-state index contributed by atoms with van der Waals surface area (Å²) in [6.07, 6.45) is -4.55. The number of aromatic nitrogens is 2. The van der Waals surface area contributed by atoms with E-state index in [-0.39, 0.29) is 33.9 Å². The highest BCUT2D eigenvalue weighted by Crippen LogP contribution is 2.47. The van der Waals surface area contributed by atoms with E-state index in [4.69, 9.17) is 32.9 Å². The van der Waals surface area contributed by atoms with Gasteiger partial charge in [-0.25, -0.2) is 24.2 Å². The molecule has 2 aromatic heterocycles. The van der Waals surface area contributed by atoms with Crippen LogP contribution in [-0.2, 0) is 6.18 Å². The van der Waals surface area contributed by atoms with Crippen LogP contribution in [0.2, 0.25) is 0 Å². The Morgan fingerprint density at radius 3 is 1.55 bits per heavy atom. The van der Waals surface area contributed by atoms with Crippen molar-refractivity contribution < 1.29 is 13.2 Å². The summed E-state index contributed by atoms with van der Waals surface area (Å²) in [5, 5.41) is 23.3. The van der Waals surface area contributed by atoms with E-state index >= 15 is 0 Å². The molecule has 9 nitrogen and oxygen atoms in total. The smallest absolute Gasteiger partial charge is 0.309 e. The first-order chi connectivity index (χ1) is 36.4. The Labute approximate surface area is 427 Å². The molecule has 0 amide bonds. The summed E-state index contributed by atoms with van der Waals surface area (Å²) in [4.78, 5) is 18.5. The second-order valence-corrected chi connectivity index (χ2v) is 17.7. The van der Waals surface area contributed by atoms with Crippen LogP contribution in [0.3, 0.4) is 0 Å². The first-order valence-electron chi connectivity index (χ1n) is 23.0. The highest BCUT2D eigenvalue weighted by Gasteiger charge is 2.31. The minimum absolute atomic E-state index is 0.161. The average molecular weight is 970 g/mol. The van der Waals surface area contributed by atoms with Crippen molar-refractivity contribution in [3.8, 4) is 68.0 Å². The van der Waals surface area contributed by atoms with Gasteiger partial charge in [0.25, 0.3) is 0 Å². The number of aryl methyl sites for hydroxylation is 1. The van der Waals surface area contributed by atoms with Crippen LogP contribution in [-0.4, -0.2) is 9.13 Å². The number of alkyl halides is 3. The van der Waals surface area contributed by atoms with Crippen molar-refractivity contribution in [3.63, 3.8) is 0 Å². The van der Waals surface area contributed by atoms with Gasteiger partial charge in [-0.2, -0.15) is 23.7 Å². The molecule has 0 spiro atoms. The average Bonchev–Trinajstić information content (AvgIpc) is 3.99. The maximum absolute atomic E-state index is 14.0. The van der Waals surface area contributed by atoms with E-state index in [1.807, 2.05) is 115 Å². The van der Waals surface area contributed by atoms with Gasteiger partial charge in [0.1, 0.15) is 0 Å². The summed E-state index contributed by atoms with van der Waals surface area (Å²) < 4.78 is 46.3. The normalized spacial score (nSPS) is 11.1. The lowest BCUT2D eigenvalue weighted by Crippen LogP contribution is -2.05. The number of halogens is 3. The number of para-hydroxylation sites is 2. The minimum atomic E-state index is -4.55. The lowest BCUT2D eigenvalue weighted by atomic mass is 9.93. The van der Waals surface area contributed by atoms with Crippen LogP contribution in [0, 0.1) is 62.4 Å². The van der Waals surface area contributed by atoms with E-state index in [9.17, 15) is 23.7 Å². The van der Waals surface area contributed by atoms with Gasteiger partial charge in [0.2, 0.25) is 0 Å². The number of hydrogen-bond acceptors (Lipinski definition) is 2. The maximum Gasteiger partial charge on any atom is 0.416 e. The van der Waals surface area contributed by atoms with Crippen molar-refractivity contribution in [3.05, 3.63) is 243 Å². The van der Waals surface area contributed by atoms with Crippen LogP contribution in [0.15, 0.2) is 164 Å². The molecule has 348 valence electrons. The van der Waals surface area contributed by atoms with Crippen LogP contribution in [0.25, 0.3) is 124 Å². The van der Waals surface area contributed by atoms with Crippen molar-refractivity contribution >= 4 is 72.0 Å². The van der Waals surface area contributed by atoms with Gasteiger partial charge < -0.3 is 9.13 Å².